The van der Waals surface area contributed by atoms with E-state index < -0.39 is 5.97 Å². The topological polar surface area (TPSA) is 64.3 Å². The Morgan fingerprint density at radius 3 is 2.78 bits per heavy atom. The van der Waals surface area contributed by atoms with Crippen LogP contribution in [0, 0.1) is 12.8 Å². The number of rotatable bonds is 7. The number of halogens is 2. The van der Waals surface area contributed by atoms with Crippen LogP contribution in [0.5, 0.6) is 5.75 Å². The maximum atomic E-state index is 10.8. The lowest BCUT2D eigenvalue weighted by atomic mass is 10.1. The summed E-state index contributed by atoms with van der Waals surface area (Å²) in [5, 5.41) is 9.72. The Balaban J connectivity index is 1.75. The fraction of sp³-hybridized carbons (Fsp3) is 0.400. The SMILES string of the molecule is Cc1nc(Cl)c(/C=C/C(=O)O)n1Cc1ccc(OCC2CCCC2)cc1Cl. The summed E-state index contributed by atoms with van der Waals surface area (Å²) in [4.78, 5) is 15.0. The molecule has 144 valence electrons. The number of aliphatic carboxylic acids is 1. The number of benzene rings is 1. The Labute approximate surface area is 168 Å². The molecule has 27 heavy (non-hydrogen) atoms. The van der Waals surface area contributed by atoms with Crippen molar-refractivity contribution in [2.75, 3.05) is 6.61 Å². The molecule has 0 unspecified atom stereocenters. The Bertz CT molecular complexity index is 855. The number of ether oxygens (including phenoxy) is 1. The highest BCUT2D eigenvalue weighted by molar-refractivity contribution is 6.31. The van der Waals surface area contributed by atoms with Gasteiger partial charge in [-0.1, -0.05) is 42.1 Å². The first-order valence-corrected chi connectivity index (χ1v) is 9.74. The molecule has 0 atom stereocenters. The zero-order valence-corrected chi connectivity index (χ0v) is 16.6. The van der Waals surface area contributed by atoms with Crippen LogP contribution in [-0.2, 0) is 11.3 Å². The van der Waals surface area contributed by atoms with Gasteiger partial charge in [-0.2, -0.15) is 0 Å². The zero-order chi connectivity index (χ0) is 19.4. The first kappa shape index (κ1) is 19.8. The normalized spacial score (nSPS) is 14.9. The molecule has 0 bridgehead atoms. The Hall–Kier alpha value is -1.98. The molecular weight excluding hydrogens is 387 g/mol. The third-order valence-electron chi connectivity index (χ3n) is 4.85. The highest BCUT2D eigenvalue weighted by Gasteiger charge is 2.16. The second-order valence-electron chi connectivity index (χ2n) is 6.81. The van der Waals surface area contributed by atoms with Crippen molar-refractivity contribution in [3.8, 4) is 5.75 Å². The lowest BCUT2D eigenvalue weighted by molar-refractivity contribution is -0.131. The predicted molar refractivity (Wildman–Crippen MR) is 107 cm³/mol. The minimum atomic E-state index is -1.04. The number of aryl methyl sites for hydroxylation is 1. The first-order chi connectivity index (χ1) is 12.9. The molecule has 1 aliphatic rings. The van der Waals surface area contributed by atoms with Gasteiger partial charge in [0.2, 0.25) is 0 Å². The zero-order valence-electron chi connectivity index (χ0n) is 15.1. The van der Waals surface area contributed by atoms with Gasteiger partial charge >= 0.3 is 5.97 Å². The van der Waals surface area contributed by atoms with Gasteiger partial charge in [0.05, 0.1) is 18.8 Å². The molecule has 1 aromatic heterocycles. The molecule has 7 heteroatoms. The van der Waals surface area contributed by atoms with Crippen LogP contribution in [0.3, 0.4) is 0 Å². The highest BCUT2D eigenvalue weighted by Crippen LogP contribution is 2.29. The number of nitrogens with zero attached hydrogens (tertiary/aromatic N) is 2. The molecule has 5 nitrogen and oxygen atoms in total. The molecule has 2 aromatic rings. The molecule has 0 spiro atoms. The van der Waals surface area contributed by atoms with Crippen LogP contribution in [0.4, 0.5) is 0 Å². The summed E-state index contributed by atoms with van der Waals surface area (Å²) in [6.07, 6.45) is 7.54. The number of carboxylic acids is 1. The molecule has 0 aliphatic heterocycles. The van der Waals surface area contributed by atoms with E-state index in [9.17, 15) is 4.79 Å². The smallest absolute Gasteiger partial charge is 0.328 e. The van der Waals surface area contributed by atoms with Crippen molar-refractivity contribution in [3.05, 3.63) is 51.5 Å². The van der Waals surface area contributed by atoms with E-state index >= 15 is 0 Å². The minimum absolute atomic E-state index is 0.262. The lowest BCUT2D eigenvalue weighted by Gasteiger charge is -2.14. The largest absolute Gasteiger partial charge is 0.493 e. The second kappa shape index (κ2) is 8.81. The number of carboxylic acid groups (broad SMARTS) is 1. The van der Waals surface area contributed by atoms with E-state index in [1.807, 2.05) is 29.7 Å². The second-order valence-corrected chi connectivity index (χ2v) is 7.57. The van der Waals surface area contributed by atoms with E-state index in [0.717, 1.165) is 24.0 Å². The van der Waals surface area contributed by atoms with Gasteiger partial charge in [-0.25, -0.2) is 9.78 Å². The fourth-order valence-corrected chi connectivity index (χ4v) is 3.88. The van der Waals surface area contributed by atoms with Gasteiger partial charge in [0, 0.05) is 11.1 Å². The van der Waals surface area contributed by atoms with E-state index in [4.69, 9.17) is 33.0 Å². The van der Waals surface area contributed by atoms with Crippen LogP contribution in [-0.4, -0.2) is 27.2 Å². The van der Waals surface area contributed by atoms with Crippen molar-refractivity contribution in [1.82, 2.24) is 9.55 Å². The van der Waals surface area contributed by atoms with Crippen molar-refractivity contribution in [2.45, 2.75) is 39.2 Å². The molecule has 1 heterocycles. The summed E-state index contributed by atoms with van der Waals surface area (Å²) in [6, 6.07) is 5.66. The van der Waals surface area contributed by atoms with Crippen molar-refractivity contribution >= 4 is 35.2 Å². The van der Waals surface area contributed by atoms with Gasteiger partial charge in [0.1, 0.15) is 11.6 Å². The third-order valence-corrected chi connectivity index (χ3v) is 5.48. The molecule has 0 radical (unpaired) electrons. The van der Waals surface area contributed by atoms with Gasteiger partial charge < -0.3 is 14.4 Å². The third kappa shape index (κ3) is 5.05. The van der Waals surface area contributed by atoms with E-state index in [1.54, 1.807) is 0 Å². The van der Waals surface area contributed by atoms with Crippen LogP contribution >= 0.6 is 23.2 Å². The Kier molecular flexibility index (Phi) is 6.45. The van der Waals surface area contributed by atoms with Crippen LogP contribution in [0.15, 0.2) is 24.3 Å². The summed E-state index contributed by atoms with van der Waals surface area (Å²) >= 11 is 12.6. The van der Waals surface area contributed by atoms with Crippen molar-refractivity contribution in [1.29, 1.82) is 0 Å². The summed E-state index contributed by atoms with van der Waals surface area (Å²) in [6.45, 7) is 2.99. The van der Waals surface area contributed by atoms with E-state index in [0.29, 0.717) is 29.0 Å². The lowest BCUT2D eigenvalue weighted by Crippen LogP contribution is -2.08. The minimum Gasteiger partial charge on any atom is -0.493 e. The molecule has 1 aromatic carbocycles. The quantitative estimate of drug-likeness (QED) is 0.638. The first-order valence-electron chi connectivity index (χ1n) is 8.99. The van der Waals surface area contributed by atoms with Gasteiger partial charge in [0.25, 0.3) is 0 Å². The summed E-state index contributed by atoms with van der Waals surface area (Å²) in [5.74, 6) is 1.05. The molecule has 1 saturated carbocycles. The van der Waals surface area contributed by atoms with E-state index in [2.05, 4.69) is 4.98 Å². The molecule has 0 saturated heterocycles. The van der Waals surface area contributed by atoms with E-state index in [1.165, 1.54) is 31.8 Å². The van der Waals surface area contributed by atoms with Crippen LogP contribution < -0.4 is 4.74 Å². The van der Waals surface area contributed by atoms with Gasteiger partial charge in [0.15, 0.2) is 5.15 Å². The summed E-state index contributed by atoms with van der Waals surface area (Å²) in [5.41, 5.74) is 1.42. The van der Waals surface area contributed by atoms with Crippen molar-refractivity contribution in [2.24, 2.45) is 5.92 Å². The number of imidazole rings is 1. The average Bonchev–Trinajstić information content (AvgIpc) is 3.22. The maximum absolute atomic E-state index is 10.8. The van der Waals surface area contributed by atoms with Gasteiger partial charge in [-0.05, 0) is 49.5 Å². The standard InChI is InChI=1S/C20H22Cl2N2O3/c1-13-23-20(22)18(8-9-19(25)26)24(13)11-15-6-7-16(10-17(15)21)27-12-14-4-2-3-5-14/h6-10,14H,2-5,11-12H2,1H3,(H,25,26)/b9-8+. The maximum Gasteiger partial charge on any atom is 0.328 e. The average molecular weight is 409 g/mol. The molecule has 1 N–H and O–H groups in total. The van der Waals surface area contributed by atoms with Crippen molar-refractivity contribution < 1.29 is 14.6 Å². The molecule has 1 aliphatic carbocycles. The fourth-order valence-electron chi connectivity index (χ4n) is 3.36. The van der Waals surface area contributed by atoms with E-state index in [-0.39, 0.29) is 5.15 Å². The monoisotopic (exact) mass is 408 g/mol. The van der Waals surface area contributed by atoms with Gasteiger partial charge in [-0.15, -0.1) is 0 Å². The molecule has 3 rings (SSSR count). The molecule has 0 amide bonds. The number of hydrogen-bond donors (Lipinski definition) is 1. The van der Waals surface area contributed by atoms with Crippen LogP contribution in [0.1, 0.15) is 42.8 Å². The summed E-state index contributed by atoms with van der Waals surface area (Å²) in [7, 11) is 0. The Morgan fingerprint density at radius 1 is 1.37 bits per heavy atom. The van der Waals surface area contributed by atoms with Crippen LogP contribution in [0.2, 0.25) is 10.2 Å². The van der Waals surface area contributed by atoms with Gasteiger partial charge in [-0.3, -0.25) is 0 Å². The summed E-state index contributed by atoms with van der Waals surface area (Å²) < 4.78 is 7.73. The van der Waals surface area contributed by atoms with Crippen LogP contribution in [0.25, 0.3) is 6.08 Å². The number of hydrogen-bond acceptors (Lipinski definition) is 3. The predicted octanol–water partition coefficient (Wildman–Crippen LogP) is 5.21. The Morgan fingerprint density at radius 2 is 2.11 bits per heavy atom. The number of carbonyl (C=O) groups is 1. The number of aromatic nitrogens is 2. The van der Waals surface area contributed by atoms with Crippen molar-refractivity contribution in [3.63, 3.8) is 0 Å². The highest BCUT2D eigenvalue weighted by atomic mass is 35.5. The molecular formula is C20H22Cl2N2O3. The molecule has 1 fully saturated rings.